The zero-order valence-corrected chi connectivity index (χ0v) is 46.1. The van der Waals surface area contributed by atoms with Crippen molar-refractivity contribution in [1.82, 2.24) is 25.1 Å². The van der Waals surface area contributed by atoms with Crippen molar-refractivity contribution in [2.24, 2.45) is 18.9 Å². The second kappa shape index (κ2) is 31.4. The molecule has 2 aromatic carbocycles. The van der Waals surface area contributed by atoms with Gasteiger partial charge in [-0.1, -0.05) is 115 Å². The number of carbonyl (C=O) groups excluding carboxylic acids is 3. The number of amides is 3. The molecule has 396 valence electrons. The van der Waals surface area contributed by atoms with E-state index in [9.17, 15) is 14.4 Å². The Morgan fingerprint density at radius 3 is 2.22 bits per heavy atom. The number of hydrogen-bond acceptors (Lipinski definition) is 8. The molecule has 0 radical (unpaired) electrons. The van der Waals surface area contributed by atoms with Crippen LogP contribution in [0.2, 0.25) is 0 Å². The molecule has 2 unspecified atom stereocenters. The van der Waals surface area contributed by atoms with E-state index in [4.69, 9.17) is 14.2 Å². The highest BCUT2D eigenvalue weighted by Gasteiger charge is 2.29. The number of likely N-dealkylation sites (N-methyl/N-ethyl adjacent to an activating group) is 1. The molecule has 8 rings (SSSR count). The van der Waals surface area contributed by atoms with E-state index < -0.39 is 6.04 Å². The number of nitrogens with zero attached hydrogens (tertiary/aromatic N) is 3. The van der Waals surface area contributed by atoms with Crippen LogP contribution in [0.25, 0.3) is 34.7 Å². The molecule has 2 aromatic heterocycles. The highest BCUT2D eigenvalue weighted by molar-refractivity contribution is 6.01. The van der Waals surface area contributed by atoms with Gasteiger partial charge in [0.05, 0.1) is 19.3 Å². The molecule has 3 fully saturated rings. The first-order valence-electron chi connectivity index (χ1n) is 26.9. The lowest BCUT2D eigenvalue weighted by molar-refractivity contribution is -0.140. The van der Waals surface area contributed by atoms with Gasteiger partial charge in [0.2, 0.25) is 24.1 Å². The summed E-state index contributed by atoms with van der Waals surface area (Å²) in [5.41, 5.74) is 11.1. The molecule has 3 amide bonds. The van der Waals surface area contributed by atoms with Gasteiger partial charge in [-0.15, -0.1) is 0 Å². The van der Waals surface area contributed by atoms with Gasteiger partial charge in [-0.25, -0.2) is 4.98 Å². The predicted octanol–water partition coefficient (Wildman–Crippen LogP) is 13.7. The van der Waals surface area contributed by atoms with Crippen molar-refractivity contribution < 1.29 is 28.6 Å². The van der Waals surface area contributed by atoms with Crippen molar-refractivity contribution >= 4 is 52.9 Å². The molecule has 4 heterocycles. The molecule has 2 atom stereocenters. The fourth-order valence-electron chi connectivity index (χ4n) is 8.41. The lowest BCUT2D eigenvalue weighted by Gasteiger charge is -2.35. The van der Waals surface area contributed by atoms with Crippen molar-refractivity contribution in [1.29, 1.82) is 0 Å². The number of dihydropyridines is 1. The highest BCUT2D eigenvalue weighted by atomic mass is 16.5. The molecule has 0 spiro atoms. The summed E-state index contributed by atoms with van der Waals surface area (Å²) in [7, 11) is 3.63. The summed E-state index contributed by atoms with van der Waals surface area (Å²) < 4.78 is 19.9. The number of imide groups is 1. The number of hydrogen-bond donors (Lipinski definition) is 2. The molecular weight excluding hydrogens is 911 g/mol. The largest absolute Gasteiger partial charge is 0.494 e. The number of aromatic nitrogens is 2. The molecule has 2 saturated carbocycles. The van der Waals surface area contributed by atoms with E-state index in [2.05, 4.69) is 141 Å². The summed E-state index contributed by atoms with van der Waals surface area (Å²) in [6, 6.07) is 18.4. The van der Waals surface area contributed by atoms with Crippen molar-refractivity contribution in [3.05, 3.63) is 125 Å². The average molecular weight is 998 g/mol. The number of benzene rings is 2. The van der Waals surface area contributed by atoms with E-state index in [-0.39, 0.29) is 18.0 Å². The number of piperidine rings is 1. The highest BCUT2D eigenvalue weighted by Crippen LogP contribution is 2.34. The topological polar surface area (TPSA) is 124 Å². The Morgan fingerprint density at radius 1 is 0.945 bits per heavy atom. The second-order valence-electron chi connectivity index (χ2n) is 19.4. The van der Waals surface area contributed by atoms with Gasteiger partial charge in [-0.2, -0.15) is 0 Å². The fourth-order valence-corrected chi connectivity index (χ4v) is 8.41. The molecule has 0 bridgehead atoms. The van der Waals surface area contributed by atoms with Crippen LogP contribution in [0.3, 0.4) is 0 Å². The van der Waals surface area contributed by atoms with E-state index in [1.807, 2.05) is 52.0 Å². The Bertz CT molecular complexity index is 2500. The number of aryl methyl sites for hydroxylation is 3. The predicted molar refractivity (Wildman–Crippen MR) is 303 cm³/mol. The smallest absolute Gasteiger partial charge is 0.249 e. The third-order valence-electron chi connectivity index (χ3n) is 13.5. The van der Waals surface area contributed by atoms with E-state index in [1.54, 1.807) is 5.57 Å². The molecule has 2 aliphatic heterocycles. The second-order valence-corrected chi connectivity index (χ2v) is 19.4. The number of unbranched alkanes of at least 4 members (excludes halogenated alkanes) is 3. The summed E-state index contributed by atoms with van der Waals surface area (Å²) in [6.45, 7) is 24.7. The lowest BCUT2D eigenvalue weighted by Crippen LogP contribution is -2.50. The standard InChI is InChI=1S/C24H28N2O.C23H29NO2.C7H10N2O3.C6H14.C2H6/c1-5-7-22-20(6-2)21-10-8-17(14-23(21)26(22)4)18-9-11-24(25-15-18)27-19-12-16(3)13-19;1-18-16-22(13-12-21(18)17-20-10-11-20)25-14-5-3-4-6-15-26-23-9-7-8-19(2)24-23;1-9(4-10)5-2-3-6(11)8-7(5)12;1-4-6(3)5-2;1-2/h5-11,14-16,19,24-25H,2,12-13H2,1,3-4H3;7-9,12-13,16-17H,3-6,10-11,14-15H2,1-2H3;4-5H,2-3H2,1H3,(H,8,11,12);6H,4-5H2,1-3H3;1-2H3/b7-5-;;;;. The van der Waals surface area contributed by atoms with Crippen LogP contribution >= 0.6 is 0 Å². The Labute approximate surface area is 438 Å². The molecule has 4 aromatic rings. The van der Waals surface area contributed by atoms with Gasteiger partial charge in [0.25, 0.3) is 0 Å². The molecule has 1 saturated heterocycles. The van der Waals surface area contributed by atoms with Gasteiger partial charge in [-0.3, -0.25) is 19.7 Å². The van der Waals surface area contributed by atoms with Crippen LogP contribution in [0.15, 0.2) is 91.2 Å². The minimum atomic E-state index is -0.486. The van der Waals surface area contributed by atoms with Gasteiger partial charge >= 0.3 is 0 Å². The van der Waals surface area contributed by atoms with Gasteiger partial charge in [0, 0.05) is 60.6 Å². The molecule has 11 nitrogen and oxygen atoms in total. The summed E-state index contributed by atoms with van der Waals surface area (Å²) in [4.78, 5) is 37.7. The normalized spacial score (nSPS) is 18.4. The Hall–Kier alpha value is -6.20. The van der Waals surface area contributed by atoms with Crippen LogP contribution in [-0.2, 0) is 26.2 Å². The van der Waals surface area contributed by atoms with E-state index in [0.717, 1.165) is 68.1 Å². The van der Waals surface area contributed by atoms with Crippen LogP contribution in [0.5, 0.6) is 11.6 Å². The quantitative estimate of drug-likeness (QED) is 0.0541. The summed E-state index contributed by atoms with van der Waals surface area (Å²) in [6.07, 6.45) is 28.5. The van der Waals surface area contributed by atoms with Gasteiger partial charge in [0.15, 0.2) is 0 Å². The Balaban J connectivity index is 0.000000233. The third kappa shape index (κ3) is 19.3. The third-order valence-corrected chi connectivity index (χ3v) is 13.5. The summed E-state index contributed by atoms with van der Waals surface area (Å²) in [5, 5.41) is 6.79. The van der Waals surface area contributed by atoms with Crippen LogP contribution in [0.4, 0.5) is 0 Å². The lowest BCUT2D eigenvalue weighted by atomic mass is 9.84. The number of nitrogens with one attached hydrogen (secondary N) is 2. The molecule has 11 heteroatoms. The molecule has 73 heavy (non-hydrogen) atoms. The fraction of sp³-hybridized carbons (Fsp3) is 0.484. The first-order valence-corrected chi connectivity index (χ1v) is 26.9. The van der Waals surface area contributed by atoms with Crippen molar-refractivity contribution in [2.45, 2.75) is 158 Å². The number of pyridine rings is 1. The number of ether oxygens (including phenoxy) is 3. The minimum Gasteiger partial charge on any atom is -0.494 e. The molecule has 2 aliphatic carbocycles. The van der Waals surface area contributed by atoms with Crippen molar-refractivity contribution in [3.63, 3.8) is 0 Å². The van der Waals surface area contributed by atoms with E-state index in [1.165, 1.54) is 94.9 Å². The molecule has 2 N–H and O–H groups in total. The van der Waals surface area contributed by atoms with E-state index >= 15 is 0 Å². The SMILES string of the molecule is C=Cc1c(/C=C\C)n(C)c2cc(C3=CNC(OC4CC(C)C4)C=C3)ccc12.CC.CCC(C)CC.CN(C=O)C1CCC(=O)NC1=O.Cc1cccc(OCCCCCCOc2ccc(C=C3CC3)c(C)c2)n1. The van der Waals surface area contributed by atoms with Crippen LogP contribution < -0.4 is 20.1 Å². The molecule has 4 aliphatic rings. The number of allylic oxidation sites excluding steroid dienone is 4. The van der Waals surface area contributed by atoms with Gasteiger partial charge in [0.1, 0.15) is 18.0 Å². The molecular formula is C62H87N5O6. The Morgan fingerprint density at radius 2 is 1.66 bits per heavy atom. The van der Waals surface area contributed by atoms with Crippen LogP contribution in [0, 0.1) is 25.7 Å². The van der Waals surface area contributed by atoms with Crippen LogP contribution in [-0.4, -0.2) is 71.3 Å². The number of rotatable bonds is 19. The zero-order valence-electron chi connectivity index (χ0n) is 46.1. The Kier molecular flexibility index (Phi) is 25.5. The van der Waals surface area contributed by atoms with E-state index in [0.29, 0.717) is 25.4 Å². The minimum absolute atomic E-state index is 0.0151. The first-order chi connectivity index (χ1) is 35.3. The van der Waals surface area contributed by atoms with Crippen molar-refractivity contribution in [3.8, 4) is 11.6 Å². The average Bonchev–Trinajstić information content (AvgIpc) is 4.18. The number of fused-ring (bicyclic) bond motifs is 1. The maximum atomic E-state index is 11.1. The summed E-state index contributed by atoms with van der Waals surface area (Å²) in [5.74, 6) is 2.79. The maximum Gasteiger partial charge on any atom is 0.249 e. The van der Waals surface area contributed by atoms with Crippen molar-refractivity contribution in [2.75, 3.05) is 20.3 Å². The first kappa shape index (κ1) is 59.4. The van der Waals surface area contributed by atoms with Gasteiger partial charge < -0.3 is 29.0 Å². The zero-order chi connectivity index (χ0) is 53.3. The van der Waals surface area contributed by atoms with Gasteiger partial charge in [-0.05, 0) is 149 Å². The van der Waals surface area contributed by atoms with Crippen LogP contribution in [0.1, 0.15) is 159 Å². The summed E-state index contributed by atoms with van der Waals surface area (Å²) >= 11 is 0. The number of carbonyl (C=O) groups is 3. The monoisotopic (exact) mass is 998 g/mol. The maximum absolute atomic E-state index is 11.1.